The minimum atomic E-state index is -0.940. The molecule has 0 saturated carbocycles. The van der Waals surface area contributed by atoms with Crippen LogP contribution in [-0.2, 0) is 9.59 Å². The average molecular weight is 520 g/mol. The average Bonchev–Trinajstić information content (AvgIpc) is 3.15. The second-order valence-corrected chi connectivity index (χ2v) is 9.64. The number of carbonyl (C=O) groups excluding carboxylic acids is 2. The van der Waals surface area contributed by atoms with Crippen LogP contribution in [0.3, 0.4) is 0 Å². The van der Waals surface area contributed by atoms with Gasteiger partial charge in [0.1, 0.15) is 17.3 Å². The van der Waals surface area contributed by atoms with Gasteiger partial charge in [-0.2, -0.15) is 0 Å². The van der Waals surface area contributed by atoms with Crippen LogP contribution in [-0.4, -0.2) is 28.5 Å². The summed E-state index contributed by atoms with van der Waals surface area (Å²) in [6, 6.07) is 15.8. The predicted octanol–water partition coefficient (Wildman–Crippen LogP) is 6.86. The number of anilines is 1. The third-order valence-electron chi connectivity index (χ3n) is 6.64. The summed E-state index contributed by atoms with van der Waals surface area (Å²) in [4.78, 5) is 28.1. The van der Waals surface area contributed by atoms with E-state index in [0.717, 1.165) is 30.4 Å². The van der Waals surface area contributed by atoms with Crippen molar-refractivity contribution in [3.63, 3.8) is 0 Å². The van der Waals surface area contributed by atoms with Gasteiger partial charge >= 0.3 is 0 Å². The van der Waals surface area contributed by atoms with E-state index in [4.69, 9.17) is 16.3 Å². The first-order chi connectivity index (χ1) is 17.7. The first kappa shape index (κ1) is 26.3. The summed E-state index contributed by atoms with van der Waals surface area (Å²) in [7, 11) is 0. The number of ether oxygens (including phenoxy) is 1. The van der Waals surface area contributed by atoms with Gasteiger partial charge in [-0.05, 0) is 85.5 Å². The predicted molar refractivity (Wildman–Crippen MR) is 145 cm³/mol. The molecule has 1 unspecified atom stereocenters. The Kier molecular flexibility index (Phi) is 7.89. The largest absolute Gasteiger partial charge is 0.507 e. The van der Waals surface area contributed by atoms with Crippen molar-refractivity contribution in [1.29, 1.82) is 0 Å². The number of ketones is 1. The van der Waals surface area contributed by atoms with E-state index < -0.39 is 17.7 Å². The van der Waals surface area contributed by atoms with E-state index in [9.17, 15) is 19.8 Å². The van der Waals surface area contributed by atoms with Gasteiger partial charge in [-0.25, -0.2) is 0 Å². The summed E-state index contributed by atoms with van der Waals surface area (Å²) in [5.74, 6) is -1.32. The summed E-state index contributed by atoms with van der Waals surface area (Å²) in [5.41, 5.74) is 3.33. The van der Waals surface area contributed by atoms with Crippen LogP contribution < -0.4 is 9.64 Å². The van der Waals surface area contributed by atoms with Gasteiger partial charge in [0.05, 0.1) is 23.2 Å². The number of aromatic hydroxyl groups is 1. The Hall–Kier alpha value is -3.77. The van der Waals surface area contributed by atoms with Crippen LogP contribution in [0.15, 0.2) is 66.2 Å². The molecule has 1 heterocycles. The molecular formula is C30H30ClNO5. The maximum Gasteiger partial charge on any atom is 0.300 e. The first-order valence-electron chi connectivity index (χ1n) is 12.3. The Labute approximate surface area is 221 Å². The summed E-state index contributed by atoms with van der Waals surface area (Å²) >= 11 is 6.20. The number of phenols is 1. The fourth-order valence-electron chi connectivity index (χ4n) is 4.39. The molecule has 0 aromatic heterocycles. The number of benzene rings is 3. The zero-order valence-corrected chi connectivity index (χ0v) is 21.9. The number of halogens is 1. The maximum absolute atomic E-state index is 13.3. The normalized spacial score (nSPS) is 16.9. The number of aliphatic hydroxyl groups is 1. The Bertz CT molecular complexity index is 1360. The molecule has 1 saturated heterocycles. The molecule has 3 aromatic rings. The fourth-order valence-corrected chi connectivity index (χ4v) is 4.58. The third-order valence-corrected chi connectivity index (χ3v) is 6.95. The molecule has 1 aliphatic rings. The van der Waals surface area contributed by atoms with Crippen LogP contribution in [0.2, 0.25) is 5.02 Å². The molecule has 2 N–H and O–H groups in total. The molecule has 3 aromatic carbocycles. The lowest BCUT2D eigenvalue weighted by Crippen LogP contribution is -2.29. The molecule has 1 fully saturated rings. The Morgan fingerprint density at radius 2 is 1.70 bits per heavy atom. The van der Waals surface area contributed by atoms with Gasteiger partial charge in [-0.1, -0.05) is 43.5 Å². The van der Waals surface area contributed by atoms with E-state index in [1.165, 1.54) is 17.0 Å². The van der Waals surface area contributed by atoms with Crippen molar-refractivity contribution in [2.24, 2.45) is 0 Å². The molecule has 0 bridgehead atoms. The zero-order valence-electron chi connectivity index (χ0n) is 21.1. The minimum Gasteiger partial charge on any atom is -0.507 e. The van der Waals surface area contributed by atoms with Gasteiger partial charge < -0.3 is 14.9 Å². The lowest BCUT2D eigenvalue weighted by atomic mass is 9.95. The van der Waals surface area contributed by atoms with E-state index >= 15 is 0 Å². The molecule has 6 nitrogen and oxygen atoms in total. The number of hydrogen-bond donors (Lipinski definition) is 2. The molecule has 7 heteroatoms. The standard InChI is InChI=1S/C30H30ClNO5/c1-4-5-6-15-37-23-12-8-20(9-13-23)28(34)26-27(21-10-14-25(33)24(31)17-21)32(30(36)29(26)35)22-11-7-18(2)19(3)16-22/h7-14,16-17,27,33-34H,4-6,15H2,1-3H3/b28-26+. The SMILES string of the molecule is CCCCCOc1ccc(/C(O)=C2\C(=O)C(=O)N(c3ccc(C)c(C)c3)C2c2ccc(O)c(Cl)c2)cc1. The lowest BCUT2D eigenvalue weighted by molar-refractivity contribution is -0.132. The number of amides is 1. The number of hydrogen-bond acceptors (Lipinski definition) is 5. The topological polar surface area (TPSA) is 87.1 Å². The summed E-state index contributed by atoms with van der Waals surface area (Å²) < 4.78 is 5.75. The Balaban J connectivity index is 1.79. The molecule has 192 valence electrons. The molecule has 1 aliphatic heterocycles. The number of nitrogens with zero attached hydrogens (tertiary/aromatic N) is 1. The van der Waals surface area contributed by atoms with Crippen LogP contribution in [0.1, 0.15) is 54.5 Å². The van der Waals surface area contributed by atoms with Crippen molar-refractivity contribution >= 4 is 34.7 Å². The van der Waals surface area contributed by atoms with Crippen molar-refractivity contribution in [1.82, 2.24) is 0 Å². The van der Waals surface area contributed by atoms with Gasteiger partial charge in [0.25, 0.3) is 11.7 Å². The Morgan fingerprint density at radius 3 is 2.35 bits per heavy atom. The minimum absolute atomic E-state index is 0.0541. The molecule has 1 atom stereocenters. The van der Waals surface area contributed by atoms with Crippen molar-refractivity contribution in [3.8, 4) is 11.5 Å². The second-order valence-electron chi connectivity index (χ2n) is 9.23. The molecule has 4 rings (SSSR count). The van der Waals surface area contributed by atoms with Crippen molar-refractivity contribution in [2.45, 2.75) is 46.1 Å². The van der Waals surface area contributed by atoms with Gasteiger partial charge in [0, 0.05) is 11.3 Å². The van der Waals surface area contributed by atoms with Crippen LogP contribution in [0.25, 0.3) is 5.76 Å². The monoisotopic (exact) mass is 519 g/mol. The Morgan fingerprint density at radius 1 is 0.973 bits per heavy atom. The van der Waals surface area contributed by atoms with Crippen molar-refractivity contribution in [2.75, 3.05) is 11.5 Å². The second kappa shape index (κ2) is 11.1. The van der Waals surface area contributed by atoms with Gasteiger partial charge in [0.15, 0.2) is 0 Å². The summed E-state index contributed by atoms with van der Waals surface area (Å²) in [6.45, 7) is 6.61. The summed E-state index contributed by atoms with van der Waals surface area (Å²) in [5, 5.41) is 21.4. The highest BCUT2D eigenvalue weighted by Gasteiger charge is 2.47. The molecule has 0 radical (unpaired) electrons. The van der Waals surface area contributed by atoms with Crippen LogP contribution in [0.4, 0.5) is 5.69 Å². The maximum atomic E-state index is 13.3. The summed E-state index contributed by atoms with van der Waals surface area (Å²) in [6.07, 6.45) is 3.14. The number of rotatable bonds is 8. The van der Waals surface area contributed by atoms with Crippen LogP contribution >= 0.6 is 11.6 Å². The van der Waals surface area contributed by atoms with E-state index in [1.54, 1.807) is 36.4 Å². The third kappa shape index (κ3) is 5.35. The zero-order chi connectivity index (χ0) is 26.7. The number of unbranched alkanes of at least 4 members (excludes halogenated alkanes) is 2. The molecule has 37 heavy (non-hydrogen) atoms. The van der Waals surface area contributed by atoms with Gasteiger partial charge in [0.2, 0.25) is 0 Å². The smallest absolute Gasteiger partial charge is 0.300 e. The van der Waals surface area contributed by atoms with E-state index in [-0.39, 0.29) is 22.1 Å². The highest BCUT2D eigenvalue weighted by Crippen LogP contribution is 2.44. The lowest BCUT2D eigenvalue weighted by Gasteiger charge is -2.26. The number of aliphatic hydroxyl groups excluding tert-OH is 1. The molecule has 0 aliphatic carbocycles. The fraction of sp³-hybridized carbons (Fsp3) is 0.267. The molecule has 1 amide bonds. The van der Waals surface area contributed by atoms with E-state index in [0.29, 0.717) is 29.2 Å². The van der Waals surface area contributed by atoms with Crippen molar-refractivity contribution < 1.29 is 24.5 Å². The van der Waals surface area contributed by atoms with E-state index in [2.05, 4.69) is 6.92 Å². The van der Waals surface area contributed by atoms with Crippen LogP contribution in [0, 0.1) is 13.8 Å². The first-order valence-corrected chi connectivity index (χ1v) is 12.7. The van der Waals surface area contributed by atoms with Crippen molar-refractivity contribution in [3.05, 3.63) is 93.5 Å². The van der Waals surface area contributed by atoms with E-state index in [1.807, 2.05) is 26.0 Å². The van der Waals surface area contributed by atoms with Crippen LogP contribution in [0.5, 0.6) is 11.5 Å². The molecule has 0 spiro atoms. The highest BCUT2D eigenvalue weighted by molar-refractivity contribution is 6.51. The highest BCUT2D eigenvalue weighted by atomic mass is 35.5. The van der Waals surface area contributed by atoms with Gasteiger partial charge in [-0.3, -0.25) is 14.5 Å². The number of carbonyl (C=O) groups is 2. The molecular weight excluding hydrogens is 490 g/mol. The van der Waals surface area contributed by atoms with Gasteiger partial charge in [-0.15, -0.1) is 0 Å². The number of Topliss-reactive ketones (excluding diaryl/α,β-unsaturated/α-hetero) is 1. The number of phenolic OH excluding ortho intramolecular Hbond substituents is 1. The number of aryl methyl sites for hydroxylation is 2. The quantitative estimate of drug-likeness (QED) is 0.147.